The molecule has 1 aliphatic heterocycles. The molecule has 4 aromatic rings. The molecule has 46 heavy (non-hydrogen) atoms. The van der Waals surface area contributed by atoms with Crippen molar-refractivity contribution in [1.29, 1.82) is 5.26 Å². The van der Waals surface area contributed by atoms with Crippen molar-refractivity contribution in [2.75, 3.05) is 25.0 Å². The summed E-state index contributed by atoms with van der Waals surface area (Å²) in [6.07, 6.45) is 6.07. The van der Waals surface area contributed by atoms with Crippen molar-refractivity contribution in [2.45, 2.75) is 53.8 Å². The SMILES string of the molecule is C\C=C/N=C(Nc1cccc(-c2cccc(-c3nc4cc(CO)cc(C#N)c4o3)c2C)c1C)\C(C)=N\C=C(/C)CN1CCC(O)C1. The van der Waals surface area contributed by atoms with Crippen LogP contribution in [0.4, 0.5) is 5.69 Å². The third kappa shape index (κ3) is 7.16. The van der Waals surface area contributed by atoms with Gasteiger partial charge < -0.3 is 19.9 Å². The smallest absolute Gasteiger partial charge is 0.227 e. The van der Waals surface area contributed by atoms with Gasteiger partial charge in [-0.15, -0.1) is 0 Å². The monoisotopic (exact) mass is 616 g/mol. The molecule has 3 aromatic carbocycles. The summed E-state index contributed by atoms with van der Waals surface area (Å²) in [6, 6.07) is 17.7. The Bertz CT molecular complexity index is 1910. The molecule has 0 aliphatic carbocycles. The molecule has 0 spiro atoms. The topological polar surface area (TPSA) is 130 Å². The van der Waals surface area contributed by atoms with Gasteiger partial charge in [0.2, 0.25) is 5.89 Å². The zero-order valence-corrected chi connectivity index (χ0v) is 27.0. The lowest BCUT2D eigenvalue weighted by molar-refractivity contribution is 0.179. The number of benzene rings is 3. The average Bonchev–Trinajstić information content (AvgIpc) is 3.67. The maximum Gasteiger partial charge on any atom is 0.227 e. The minimum Gasteiger partial charge on any atom is -0.435 e. The van der Waals surface area contributed by atoms with E-state index in [2.05, 4.69) is 52.2 Å². The third-order valence-electron chi connectivity index (χ3n) is 8.19. The molecular formula is C37H40N6O3. The molecule has 3 N–H and O–H groups in total. The Morgan fingerprint density at radius 2 is 1.85 bits per heavy atom. The van der Waals surface area contributed by atoms with E-state index in [4.69, 9.17) is 9.41 Å². The normalized spacial score (nSPS) is 16.5. The number of rotatable bonds is 9. The fourth-order valence-electron chi connectivity index (χ4n) is 5.71. The van der Waals surface area contributed by atoms with Gasteiger partial charge in [-0.1, -0.05) is 30.3 Å². The number of nitrogens with one attached hydrogen (secondary N) is 1. The summed E-state index contributed by atoms with van der Waals surface area (Å²) in [6.45, 7) is 12.2. The number of hydrogen-bond acceptors (Lipinski definition) is 8. The summed E-state index contributed by atoms with van der Waals surface area (Å²) in [5.41, 5.74) is 9.60. The number of β-amino-alcohol motifs (C(OH)–C–C–N with tert-alkyl or cyclic N) is 1. The van der Waals surface area contributed by atoms with Gasteiger partial charge in [0.05, 0.1) is 24.0 Å². The number of anilines is 1. The highest BCUT2D eigenvalue weighted by atomic mass is 16.3. The van der Waals surface area contributed by atoms with Crippen LogP contribution in [0.5, 0.6) is 0 Å². The molecule has 1 aromatic heterocycles. The first-order valence-corrected chi connectivity index (χ1v) is 15.4. The molecule has 2 heterocycles. The molecule has 0 amide bonds. The second-order valence-electron chi connectivity index (χ2n) is 11.7. The Kier molecular flexibility index (Phi) is 10.2. The van der Waals surface area contributed by atoms with Crippen LogP contribution < -0.4 is 5.32 Å². The molecule has 0 radical (unpaired) electrons. The van der Waals surface area contributed by atoms with Crippen LogP contribution in [0.15, 0.2) is 87.0 Å². The van der Waals surface area contributed by atoms with E-state index in [0.717, 1.165) is 64.3 Å². The Hall–Kier alpha value is -4.88. The summed E-state index contributed by atoms with van der Waals surface area (Å²) in [7, 11) is 0. The number of nitrogens with zero attached hydrogens (tertiary/aromatic N) is 5. The van der Waals surface area contributed by atoms with Crippen LogP contribution in [0.3, 0.4) is 0 Å². The van der Waals surface area contributed by atoms with E-state index < -0.39 is 0 Å². The molecule has 1 fully saturated rings. The van der Waals surface area contributed by atoms with E-state index in [9.17, 15) is 15.5 Å². The molecule has 1 atom stereocenters. The minimum absolute atomic E-state index is 0.182. The predicted molar refractivity (Wildman–Crippen MR) is 185 cm³/mol. The van der Waals surface area contributed by atoms with Gasteiger partial charge in [-0.2, -0.15) is 5.26 Å². The maximum atomic E-state index is 9.84. The zero-order chi connectivity index (χ0) is 32.8. The van der Waals surface area contributed by atoms with Gasteiger partial charge in [0.25, 0.3) is 0 Å². The van der Waals surface area contributed by atoms with E-state index in [1.165, 1.54) is 0 Å². The van der Waals surface area contributed by atoms with E-state index in [1.807, 2.05) is 57.3 Å². The number of aliphatic hydroxyl groups excluding tert-OH is 2. The van der Waals surface area contributed by atoms with Gasteiger partial charge in [-0.25, -0.2) is 9.98 Å². The van der Waals surface area contributed by atoms with Crippen LogP contribution >= 0.6 is 0 Å². The van der Waals surface area contributed by atoms with Crippen molar-refractivity contribution in [3.63, 3.8) is 0 Å². The van der Waals surface area contributed by atoms with E-state index in [0.29, 0.717) is 40.5 Å². The number of allylic oxidation sites excluding steroid dienone is 1. The molecular weight excluding hydrogens is 576 g/mol. The van der Waals surface area contributed by atoms with Crippen molar-refractivity contribution in [3.05, 3.63) is 94.8 Å². The predicted octanol–water partition coefficient (Wildman–Crippen LogP) is 6.92. The summed E-state index contributed by atoms with van der Waals surface area (Å²) in [5.74, 6) is 1.07. The number of aromatic nitrogens is 1. The molecule has 1 aliphatic rings. The molecule has 1 unspecified atom stereocenters. The molecule has 236 valence electrons. The molecule has 9 heteroatoms. The lowest BCUT2D eigenvalue weighted by Crippen LogP contribution is -2.24. The van der Waals surface area contributed by atoms with Crippen molar-refractivity contribution >= 4 is 28.3 Å². The van der Waals surface area contributed by atoms with Crippen LogP contribution in [0.1, 0.15) is 49.4 Å². The highest BCUT2D eigenvalue weighted by Crippen LogP contribution is 2.36. The molecule has 1 saturated heterocycles. The molecule has 0 saturated carbocycles. The number of aliphatic hydroxyl groups is 2. The van der Waals surface area contributed by atoms with Gasteiger partial charge in [0.1, 0.15) is 11.6 Å². The number of oxazole rings is 1. The second kappa shape index (κ2) is 14.5. The first-order chi connectivity index (χ1) is 22.2. The second-order valence-corrected chi connectivity index (χ2v) is 11.7. The standard InChI is InChI=1S/C37H40N6O3/c1-6-14-39-36(26(5)40-19-23(2)20-43-15-13-29(45)21-43)41-33-12-8-10-31(25(33)4)30-9-7-11-32(24(30)3)37-42-34-17-27(22-44)16-28(18-38)35(34)46-37/h6-12,14,16-17,19,29,44-45H,13,15,20-22H2,1-5H3,(H,39,41)/b14-6-,23-19+,40-26+. The van der Waals surface area contributed by atoms with Crippen LogP contribution in [0.25, 0.3) is 33.7 Å². The summed E-state index contributed by atoms with van der Waals surface area (Å²) in [4.78, 5) is 16.3. The fourth-order valence-corrected chi connectivity index (χ4v) is 5.71. The number of hydrogen-bond donors (Lipinski definition) is 3. The summed E-state index contributed by atoms with van der Waals surface area (Å²) in [5, 5.41) is 32.6. The number of amidine groups is 1. The fraction of sp³-hybridized carbons (Fsp3) is 0.297. The largest absolute Gasteiger partial charge is 0.435 e. The minimum atomic E-state index is -0.243. The molecule has 9 nitrogen and oxygen atoms in total. The van der Waals surface area contributed by atoms with Crippen molar-refractivity contribution < 1.29 is 14.6 Å². The van der Waals surface area contributed by atoms with Crippen molar-refractivity contribution in [1.82, 2.24) is 9.88 Å². The van der Waals surface area contributed by atoms with Gasteiger partial charge in [-0.3, -0.25) is 9.89 Å². The lowest BCUT2D eigenvalue weighted by atomic mass is 9.93. The first kappa shape index (κ1) is 32.5. The Morgan fingerprint density at radius 1 is 1.11 bits per heavy atom. The van der Waals surface area contributed by atoms with Gasteiger partial charge >= 0.3 is 0 Å². The van der Waals surface area contributed by atoms with Crippen molar-refractivity contribution in [2.24, 2.45) is 9.98 Å². The van der Waals surface area contributed by atoms with E-state index in [-0.39, 0.29) is 12.7 Å². The van der Waals surface area contributed by atoms with Crippen LogP contribution in [0.2, 0.25) is 0 Å². The molecule has 5 rings (SSSR count). The van der Waals surface area contributed by atoms with Gasteiger partial charge in [-0.05, 0) is 98.7 Å². The van der Waals surface area contributed by atoms with Crippen LogP contribution in [-0.2, 0) is 6.61 Å². The van der Waals surface area contributed by atoms with Gasteiger partial charge in [0.15, 0.2) is 11.4 Å². The zero-order valence-electron chi connectivity index (χ0n) is 27.0. The van der Waals surface area contributed by atoms with E-state index in [1.54, 1.807) is 18.3 Å². The molecule has 0 bridgehead atoms. The number of aliphatic imine (C=N–C) groups is 2. The van der Waals surface area contributed by atoms with Crippen LogP contribution in [0, 0.1) is 25.2 Å². The Balaban J connectivity index is 1.45. The average molecular weight is 617 g/mol. The first-order valence-electron chi connectivity index (χ1n) is 15.4. The number of fused-ring (bicyclic) bond motifs is 1. The van der Waals surface area contributed by atoms with Crippen molar-refractivity contribution in [3.8, 4) is 28.7 Å². The maximum absolute atomic E-state index is 9.84. The Morgan fingerprint density at radius 3 is 2.54 bits per heavy atom. The van der Waals surface area contributed by atoms with Gasteiger partial charge in [0, 0.05) is 43.3 Å². The highest BCUT2D eigenvalue weighted by Gasteiger charge is 2.20. The Labute approximate surface area is 270 Å². The van der Waals surface area contributed by atoms with E-state index >= 15 is 0 Å². The summed E-state index contributed by atoms with van der Waals surface area (Å²) >= 11 is 0. The highest BCUT2D eigenvalue weighted by molar-refractivity contribution is 6.45. The number of nitriles is 1. The lowest BCUT2D eigenvalue weighted by Gasteiger charge is -2.17. The quantitative estimate of drug-likeness (QED) is 0.137. The van der Waals surface area contributed by atoms with Crippen LogP contribution in [-0.4, -0.2) is 57.4 Å². The summed E-state index contributed by atoms with van der Waals surface area (Å²) < 4.78 is 6.12. The number of likely N-dealkylation sites (tertiary alicyclic amines) is 1. The third-order valence-corrected chi connectivity index (χ3v) is 8.19.